The smallest absolute Gasteiger partial charge is 0.319 e. The van der Waals surface area contributed by atoms with Crippen LogP contribution < -0.4 is 10.6 Å². The maximum absolute atomic E-state index is 12.7. The molecule has 3 fully saturated rings. The molecule has 5 rings (SSSR count). The van der Waals surface area contributed by atoms with Crippen LogP contribution in [0.15, 0.2) is 42.5 Å². The lowest BCUT2D eigenvalue weighted by Gasteiger charge is -2.60. The van der Waals surface area contributed by atoms with Crippen LogP contribution in [0.3, 0.4) is 0 Å². The van der Waals surface area contributed by atoms with E-state index in [1.807, 2.05) is 42.3 Å². The number of carbonyl (C=O) groups excluding carboxylic acids is 2. The molecule has 0 bridgehead atoms. The van der Waals surface area contributed by atoms with Crippen molar-refractivity contribution in [3.63, 3.8) is 0 Å². The van der Waals surface area contributed by atoms with Gasteiger partial charge >= 0.3 is 6.03 Å². The van der Waals surface area contributed by atoms with Gasteiger partial charge in [-0.05, 0) is 79.9 Å². The van der Waals surface area contributed by atoms with Gasteiger partial charge in [-0.15, -0.1) is 0 Å². The summed E-state index contributed by atoms with van der Waals surface area (Å²) in [6.07, 6.45) is 10.9. The van der Waals surface area contributed by atoms with Gasteiger partial charge in [0.2, 0.25) is 5.91 Å². The summed E-state index contributed by atoms with van der Waals surface area (Å²) in [7, 11) is 1.98. The molecule has 3 saturated carbocycles. The Hall–Kier alpha value is -2.30. The van der Waals surface area contributed by atoms with Crippen molar-refractivity contribution in [2.75, 3.05) is 12.4 Å². The minimum Gasteiger partial charge on any atom is -0.338 e. The van der Waals surface area contributed by atoms with E-state index in [4.69, 9.17) is 0 Å². The topological polar surface area (TPSA) is 61.4 Å². The van der Waals surface area contributed by atoms with Crippen LogP contribution in [0.2, 0.25) is 0 Å². The summed E-state index contributed by atoms with van der Waals surface area (Å²) in [6.45, 7) is 4.80. The number of amides is 3. The van der Waals surface area contributed by atoms with Crippen molar-refractivity contribution >= 4 is 17.6 Å². The lowest BCUT2D eigenvalue weighted by molar-refractivity contribution is -0.138. The molecule has 0 saturated heterocycles. The second-order valence-electron chi connectivity index (χ2n) is 10.8. The van der Waals surface area contributed by atoms with Crippen LogP contribution in [-0.2, 0) is 4.79 Å². The zero-order valence-electron chi connectivity index (χ0n) is 18.9. The van der Waals surface area contributed by atoms with Crippen LogP contribution in [0.25, 0.3) is 0 Å². The van der Waals surface area contributed by atoms with E-state index in [0.29, 0.717) is 23.8 Å². The number of nitrogens with one attached hydrogen (secondary N) is 2. The number of anilines is 1. The molecule has 4 aliphatic rings. The number of benzene rings is 1. The van der Waals surface area contributed by atoms with Gasteiger partial charge in [0.1, 0.15) is 0 Å². The molecule has 5 heteroatoms. The first-order valence-electron chi connectivity index (χ1n) is 11.9. The van der Waals surface area contributed by atoms with Crippen molar-refractivity contribution in [2.45, 2.75) is 64.5 Å². The van der Waals surface area contributed by atoms with Crippen LogP contribution in [-0.4, -0.2) is 36.0 Å². The van der Waals surface area contributed by atoms with Gasteiger partial charge < -0.3 is 15.5 Å². The Morgan fingerprint density at radius 2 is 1.81 bits per heavy atom. The lowest BCUT2D eigenvalue weighted by atomic mass is 9.48. The molecule has 3 amide bonds. The van der Waals surface area contributed by atoms with Gasteiger partial charge in [0.15, 0.2) is 0 Å². The fraction of sp³-hybridized carbons (Fsp3) is 0.615. The fourth-order valence-corrected chi connectivity index (χ4v) is 7.82. The number of para-hydroxylation sites is 1. The summed E-state index contributed by atoms with van der Waals surface area (Å²) in [5, 5.41) is 6.32. The second kappa shape index (κ2) is 7.39. The highest BCUT2D eigenvalue weighted by Crippen LogP contribution is 2.63. The molecule has 31 heavy (non-hydrogen) atoms. The Labute approximate surface area is 185 Å². The van der Waals surface area contributed by atoms with Crippen LogP contribution in [0.4, 0.5) is 10.5 Å². The average Bonchev–Trinajstić information content (AvgIpc) is 3.08. The molecule has 0 aromatic heterocycles. The van der Waals surface area contributed by atoms with E-state index in [9.17, 15) is 9.59 Å². The fourth-order valence-electron chi connectivity index (χ4n) is 7.82. The number of nitrogens with zero attached hydrogens (tertiary/aromatic N) is 1. The van der Waals surface area contributed by atoms with Crippen LogP contribution in [0, 0.1) is 28.6 Å². The summed E-state index contributed by atoms with van der Waals surface area (Å²) < 4.78 is 0. The van der Waals surface area contributed by atoms with Crippen molar-refractivity contribution in [3.8, 4) is 0 Å². The molecule has 2 N–H and O–H groups in total. The Morgan fingerprint density at radius 3 is 2.58 bits per heavy atom. The highest BCUT2D eigenvalue weighted by atomic mass is 16.2. The molecular weight excluding hydrogens is 386 g/mol. The van der Waals surface area contributed by atoms with E-state index in [0.717, 1.165) is 24.9 Å². The first kappa shape index (κ1) is 20.6. The Balaban J connectivity index is 1.32. The molecule has 0 spiro atoms. The van der Waals surface area contributed by atoms with Crippen molar-refractivity contribution in [1.29, 1.82) is 0 Å². The Bertz CT molecular complexity index is 899. The van der Waals surface area contributed by atoms with E-state index >= 15 is 0 Å². The molecule has 0 radical (unpaired) electrons. The summed E-state index contributed by atoms with van der Waals surface area (Å²) in [6, 6.07) is 10.1. The highest BCUT2D eigenvalue weighted by molar-refractivity contribution is 5.89. The molecule has 1 aromatic rings. The predicted molar refractivity (Wildman–Crippen MR) is 122 cm³/mol. The molecule has 3 unspecified atom stereocenters. The van der Waals surface area contributed by atoms with E-state index in [1.165, 1.54) is 19.3 Å². The Morgan fingerprint density at radius 1 is 1.03 bits per heavy atom. The van der Waals surface area contributed by atoms with Crippen LogP contribution in [0.1, 0.15) is 52.4 Å². The van der Waals surface area contributed by atoms with Gasteiger partial charge in [0.25, 0.3) is 0 Å². The Kier molecular flexibility index (Phi) is 4.91. The van der Waals surface area contributed by atoms with Gasteiger partial charge in [0.05, 0.1) is 0 Å². The third-order valence-corrected chi connectivity index (χ3v) is 9.46. The average molecular weight is 422 g/mol. The van der Waals surface area contributed by atoms with Crippen molar-refractivity contribution in [3.05, 3.63) is 42.5 Å². The zero-order valence-corrected chi connectivity index (χ0v) is 18.9. The minimum absolute atomic E-state index is 0.0725. The van der Waals surface area contributed by atoms with Crippen molar-refractivity contribution in [1.82, 2.24) is 10.2 Å². The molecular formula is C26H35N3O2. The molecule has 7 atom stereocenters. The quantitative estimate of drug-likeness (QED) is 0.719. The first-order chi connectivity index (χ1) is 14.8. The normalized spacial score (nSPS) is 41.2. The number of urea groups is 1. The monoisotopic (exact) mass is 421 g/mol. The molecule has 5 nitrogen and oxygen atoms in total. The maximum Gasteiger partial charge on any atom is 0.319 e. The second-order valence-corrected chi connectivity index (χ2v) is 10.8. The van der Waals surface area contributed by atoms with E-state index in [1.54, 1.807) is 6.08 Å². The number of rotatable bonds is 2. The molecule has 1 heterocycles. The van der Waals surface area contributed by atoms with Crippen molar-refractivity contribution in [2.24, 2.45) is 28.6 Å². The number of hydrogen-bond acceptors (Lipinski definition) is 2. The first-order valence-corrected chi connectivity index (χ1v) is 11.9. The lowest BCUT2D eigenvalue weighted by Crippen LogP contribution is -2.60. The molecule has 3 aliphatic carbocycles. The minimum atomic E-state index is -0.0915. The molecule has 166 valence electrons. The zero-order chi connectivity index (χ0) is 21.8. The number of hydrogen-bond donors (Lipinski definition) is 2. The third kappa shape index (κ3) is 3.19. The van der Waals surface area contributed by atoms with E-state index < -0.39 is 0 Å². The standard InChI is InChI=1S/C26H35N3O2/c1-25-15-13-20-18(9-12-22-26(20,2)16-14-23(30)29(22)3)19(25)10-11-21(25)28-24(31)27-17-7-5-4-6-8-17/h4-8,14,16,18-22H,9-13,15H2,1-3H3,(H2,27,28,31)/t18?,19?,20?,21-,22+,25-,26+/m0/s1. The molecule has 1 aliphatic heterocycles. The number of carbonyl (C=O) groups is 2. The van der Waals surface area contributed by atoms with Gasteiger partial charge in [-0.2, -0.15) is 0 Å². The van der Waals surface area contributed by atoms with Gasteiger partial charge in [-0.25, -0.2) is 4.79 Å². The highest BCUT2D eigenvalue weighted by Gasteiger charge is 2.60. The van der Waals surface area contributed by atoms with E-state index in [-0.39, 0.29) is 28.8 Å². The van der Waals surface area contributed by atoms with Gasteiger partial charge in [-0.3, -0.25) is 4.79 Å². The van der Waals surface area contributed by atoms with E-state index in [2.05, 4.69) is 30.6 Å². The van der Waals surface area contributed by atoms with Crippen LogP contribution >= 0.6 is 0 Å². The number of likely N-dealkylation sites (N-methyl/N-ethyl adjacent to an activating group) is 1. The van der Waals surface area contributed by atoms with Gasteiger partial charge in [0, 0.05) is 30.2 Å². The largest absolute Gasteiger partial charge is 0.338 e. The summed E-state index contributed by atoms with van der Waals surface area (Å²) >= 11 is 0. The van der Waals surface area contributed by atoms with Crippen molar-refractivity contribution < 1.29 is 9.59 Å². The SMILES string of the molecule is CN1C(=O)C=C[C@]2(C)C3CC[C@@]4(C)C(CC[C@@H]4NC(=O)Nc4ccccc4)C3CC[C@@H]12. The van der Waals surface area contributed by atoms with Crippen LogP contribution in [0.5, 0.6) is 0 Å². The summed E-state index contributed by atoms with van der Waals surface area (Å²) in [5.41, 5.74) is 1.05. The predicted octanol–water partition coefficient (Wildman–Crippen LogP) is 4.82. The molecule has 1 aromatic carbocycles. The third-order valence-electron chi connectivity index (χ3n) is 9.46. The maximum atomic E-state index is 12.7. The summed E-state index contributed by atoms with van der Waals surface area (Å²) in [4.78, 5) is 26.9. The van der Waals surface area contributed by atoms with Gasteiger partial charge in [-0.1, -0.05) is 38.1 Å². The summed E-state index contributed by atoms with van der Waals surface area (Å²) in [5.74, 6) is 2.08. The number of fused-ring (bicyclic) bond motifs is 5.